The fourth-order valence-electron chi connectivity index (χ4n) is 3.64. The number of para-hydroxylation sites is 1. The zero-order valence-electron chi connectivity index (χ0n) is 16.1. The van der Waals surface area contributed by atoms with Crippen LogP contribution in [-0.2, 0) is 5.60 Å². The molecule has 0 saturated heterocycles. The second-order valence-corrected chi connectivity index (χ2v) is 8.18. The highest BCUT2D eigenvalue weighted by Crippen LogP contribution is 2.48. The molecule has 0 aliphatic carbocycles. The van der Waals surface area contributed by atoms with Crippen molar-refractivity contribution >= 4 is 21.6 Å². The summed E-state index contributed by atoms with van der Waals surface area (Å²) in [5.41, 5.74) is -0.245. The van der Waals surface area contributed by atoms with E-state index in [0.29, 0.717) is 21.6 Å². The van der Waals surface area contributed by atoms with Gasteiger partial charge >= 0.3 is 6.18 Å². The first-order valence-electron chi connectivity index (χ1n) is 9.04. The first-order valence-corrected chi connectivity index (χ1v) is 9.86. The standard InChI is InChI=1S/C22H19F3N2OS/c1-13-8-10-16(11-9-13)27-14(2)12-17(15(27)3)21(28,22(23,24)25)20-26-18-6-4-5-7-19(18)29-20/h4-12,28H,1-3H3/t21-/m1/s1. The maximum atomic E-state index is 14.3. The SMILES string of the molecule is Cc1ccc(-n2c(C)cc([C@@](O)(c3nc4ccccc4s3)C(F)(F)F)c2C)cc1. The van der Waals surface area contributed by atoms with E-state index in [4.69, 9.17) is 0 Å². The van der Waals surface area contributed by atoms with Gasteiger partial charge in [-0.3, -0.25) is 0 Å². The number of hydrogen-bond donors (Lipinski definition) is 1. The van der Waals surface area contributed by atoms with E-state index < -0.39 is 11.8 Å². The van der Waals surface area contributed by atoms with Gasteiger partial charge in [-0.2, -0.15) is 13.2 Å². The molecule has 29 heavy (non-hydrogen) atoms. The molecule has 0 amide bonds. The molecule has 0 aliphatic rings. The first kappa shape index (κ1) is 19.7. The third-order valence-electron chi connectivity index (χ3n) is 5.13. The number of fused-ring (bicyclic) bond motifs is 1. The third-order valence-corrected chi connectivity index (χ3v) is 6.27. The summed E-state index contributed by atoms with van der Waals surface area (Å²) in [5, 5.41) is 10.7. The molecule has 0 bridgehead atoms. The van der Waals surface area contributed by atoms with E-state index >= 15 is 0 Å². The van der Waals surface area contributed by atoms with Gasteiger partial charge in [-0.25, -0.2) is 4.98 Å². The fourth-order valence-corrected chi connectivity index (χ4v) is 4.73. The molecule has 4 rings (SSSR count). The Morgan fingerprint density at radius 2 is 1.62 bits per heavy atom. The van der Waals surface area contributed by atoms with Crippen LogP contribution in [0.25, 0.3) is 15.9 Å². The van der Waals surface area contributed by atoms with Crippen molar-refractivity contribution in [1.29, 1.82) is 0 Å². The number of nitrogens with zero attached hydrogens (tertiary/aromatic N) is 2. The van der Waals surface area contributed by atoms with Gasteiger partial charge in [0.05, 0.1) is 10.2 Å². The second-order valence-electron chi connectivity index (χ2n) is 7.15. The summed E-state index contributed by atoms with van der Waals surface area (Å²) in [7, 11) is 0. The van der Waals surface area contributed by atoms with Crippen LogP contribution in [0.2, 0.25) is 0 Å². The van der Waals surface area contributed by atoms with E-state index in [2.05, 4.69) is 4.98 Å². The van der Waals surface area contributed by atoms with Gasteiger partial charge in [-0.05, 0) is 51.1 Å². The first-order chi connectivity index (χ1) is 13.6. The molecule has 7 heteroatoms. The molecule has 2 aromatic carbocycles. The summed E-state index contributed by atoms with van der Waals surface area (Å²) in [4.78, 5) is 4.13. The molecule has 0 fully saturated rings. The maximum Gasteiger partial charge on any atom is 0.428 e. The molecule has 0 saturated carbocycles. The number of aryl methyl sites for hydroxylation is 2. The van der Waals surface area contributed by atoms with Gasteiger partial charge in [0.1, 0.15) is 5.01 Å². The molecular formula is C22H19F3N2OS. The summed E-state index contributed by atoms with van der Waals surface area (Å²) in [6.45, 7) is 5.26. The molecule has 0 spiro atoms. The van der Waals surface area contributed by atoms with Crippen LogP contribution >= 0.6 is 11.3 Å². The molecule has 150 valence electrons. The van der Waals surface area contributed by atoms with Crippen LogP contribution < -0.4 is 0 Å². The van der Waals surface area contributed by atoms with Crippen LogP contribution in [0.1, 0.15) is 27.5 Å². The Morgan fingerprint density at radius 3 is 2.24 bits per heavy atom. The van der Waals surface area contributed by atoms with Crippen molar-refractivity contribution in [3.05, 3.63) is 82.1 Å². The van der Waals surface area contributed by atoms with Gasteiger partial charge in [-0.1, -0.05) is 29.8 Å². The van der Waals surface area contributed by atoms with Gasteiger partial charge in [0.15, 0.2) is 0 Å². The number of halogens is 3. The van der Waals surface area contributed by atoms with E-state index in [9.17, 15) is 18.3 Å². The predicted octanol–water partition coefficient (Wildman–Crippen LogP) is 5.81. The minimum Gasteiger partial charge on any atom is -0.370 e. The Balaban J connectivity index is 1.95. The summed E-state index contributed by atoms with van der Waals surface area (Å²) < 4.78 is 45.2. The molecule has 2 heterocycles. The number of alkyl halides is 3. The third kappa shape index (κ3) is 3.05. The minimum absolute atomic E-state index is 0.206. The van der Waals surface area contributed by atoms with Crippen LogP contribution in [0.4, 0.5) is 13.2 Å². The quantitative estimate of drug-likeness (QED) is 0.458. The lowest BCUT2D eigenvalue weighted by atomic mass is 9.93. The number of aromatic nitrogens is 2. The van der Waals surface area contributed by atoms with Crippen LogP contribution in [0, 0.1) is 20.8 Å². The number of thiazole rings is 1. The van der Waals surface area contributed by atoms with Gasteiger partial charge < -0.3 is 9.67 Å². The Kier molecular flexibility index (Phi) is 4.55. The molecule has 2 aromatic heterocycles. The maximum absolute atomic E-state index is 14.3. The molecular weight excluding hydrogens is 397 g/mol. The second kappa shape index (κ2) is 6.71. The van der Waals surface area contributed by atoms with Gasteiger partial charge in [0, 0.05) is 22.6 Å². The highest BCUT2D eigenvalue weighted by Gasteiger charge is 2.59. The molecule has 4 aromatic rings. The van der Waals surface area contributed by atoms with Gasteiger partial charge in [0.25, 0.3) is 0 Å². The largest absolute Gasteiger partial charge is 0.428 e. The number of rotatable bonds is 3. The van der Waals surface area contributed by atoms with Gasteiger partial charge in [0.2, 0.25) is 5.60 Å². The van der Waals surface area contributed by atoms with Crippen molar-refractivity contribution in [1.82, 2.24) is 9.55 Å². The summed E-state index contributed by atoms with van der Waals surface area (Å²) in [6, 6.07) is 15.7. The Labute approximate surface area is 170 Å². The Hall–Kier alpha value is -2.64. The van der Waals surface area contributed by atoms with E-state index in [1.807, 2.05) is 31.2 Å². The fraction of sp³-hybridized carbons (Fsp3) is 0.227. The molecule has 0 unspecified atom stereocenters. The monoisotopic (exact) mass is 416 g/mol. The highest BCUT2D eigenvalue weighted by atomic mass is 32.1. The molecule has 0 aliphatic heterocycles. The van der Waals surface area contributed by atoms with Crippen molar-refractivity contribution in [2.45, 2.75) is 32.5 Å². The minimum atomic E-state index is -4.93. The van der Waals surface area contributed by atoms with Crippen molar-refractivity contribution in [2.75, 3.05) is 0 Å². The number of benzene rings is 2. The topological polar surface area (TPSA) is 38.0 Å². The van der Waals surface area contributed by atoms with Crippen LogP contribution in [0.15, 0.2) is 54.6 Å². The number of aliphatic hydroxyl groups is 1. The molecule has 1 atom stereocenters. The van der Waals surface area contributed by atoms with Crippen molar-refractivity contribution in [3.63, 3.8) is 0 Å². The average Bonchev–Trinajstić information content (AvgIpc) is 3.22. The van der Waals surface area contributed by atoms with E-state index in [1.165, 1.54) is 6.07 Å². The Bertz CT molecular complexity index is 1160. The van der Waals surface area contributed by atoms with Crippen LogP contribution in [0.5, 0.6) is 0 Å². The Morgan fingerprint density at radius 1 is 0.966 bits per heavy atom. The lowest BCUT2D eigenvalue weighted by molar-refractivity contribution is -0.248. The highest BCUT2D eigenvalue weighted by molar-refractivity contribution is 7.18. The van der Waals surface area contributed by atoms with E-state index in [1.54, 1.807) is 42.7 Å². The van der Waals surface area contributed by atoms with Crippen molar-refractivity contribution in [3.8, 4) is 5.69 Å². The predicted molar refractivity (Wildman–Crippen MR) is 109 cm³/mol. The van der Waals surface area contributed by atoms with E-state index in [-0.39, 0.29) is 10.6 Å². The molecule has 1 N–H and O–H groups in total. The summed E-state index contributed by atoms with van der Waals surface area (Å²) in [6.07, 6.45) is -4.93. The zero-order valence-corrected chi connectivity index (χ0v) is 16.9. The van der Waals surface area contributed by atoms with E-state index in [0.717, 1.165) is 22.6 Å². The van der Waals surface area contributed by atoms with Crippen molar-refractivity contribution < 1.29 is 18.3 Å². The lowest BCUT2D eigenvalue weighted by Crippen LogP contribution is -2.43. The molecule has 0 radical (unpaired) electrons. The van der Waals surface area contributed by atoms with Crippen LogP contribution in [-0.4, -0.2) is 20.8 Å². The van der Waals surface area contributed by atoms with Gasteiger partial charge in [-0.15, -0.1) is 11.3 Å². The lowest BCUT2D eigenvalue weighted by Gasteiger charge is -2.29. The van der Waals surface area contributed by atoms with Crippen LogP contribution in [0.3, 0.4) is 0 Å². The summed E-state index contributed by atoms with van der Waals surface area (Å²) >= 11 is 0.857. The zero-order chi connectivity index (χ0) is 21.0. The smallest absolute Gasteiger partial charge is 0.370 e. The normalized spacial score (nSPS) is 14.3. The molecule has 3 nitrogen and oxygen atoms in total. The number of hydrogen-bond acceptors (Lipinski definition) is 3. The summed E-state index contributed by atoms with van der Waals surface area (Å²) in [5.74, 6) is 0. The van der Waals surface area contributed by atoms with Crippen molar-refractivity contribution in [2.24, 2.45) is 0 Å². The average molecular weight is 416 g/mol.